The fourth-order valence-corrected chi connectivity index (χ4v) is 2.93. The van der Waals surface area contributed by atoms with E-state index in [2.05, 4.69) is 20.8 Å². The Labute approximate surface area is 87.5 Å². The fraction of sp³-hybridized carbons (Fsp3) is 1.00. The van der Waals surface area contributed by atoms with Crippen molar-refractivity contribution in [3.8, 4) is 0 Å². The molecule has 1 fully saturated rings. The minimum Gasteiger partial charge on any atom is -0.213 e. The zero-order valence-corrected chi connectivity index (χ0v) is 10.4. The Morgan fingerprint density at radius 2 is 1.57 bits per heavy atom. The van der Waals surface area contributed by atoms with Crippen molar-refractivity contribution in [3.05, 3.63) is 0 Å². The van der Waals surface area contributed by atoms with Crippen LogP contribution in [0.15, 0.2) is 0 Å². The Kier molecular flexibility index (Phi) is 3.26. The molecule has 1 saturated heterocycles. The van der Waals surface area contributed by atoms with E-state index < -0.39 is 10.0 Å². The Morgan fingerprint density at radius 3 is 1.86 bits per heavy atom. The lowest BCUT2D eigenvalue weighted by atomic mass is 9.76. The van der Waals surface area contributed by atoms with Gasteiger partial charge in [0.05, 0.1) is 6.26 Å². The Bertz CT molecular complexity index is 282. The van der Waals surface area contributed by atoms with Crippen LogP contribution in [0.1, 0.15) is 33.6 Å². The molecule has 1 aliphatic rings. The van der Waals surface area contributed by atoms with Gasteiger partial charge in [-0.2, -0.15) is 0 Å². The number of hydrogen-bond donors (Lipinski definition) is 0. The van der Waals surface area contributed by atoms with Crippen molar-refractivity contribution in [1.82, 2.24) is 4.31 Å². The van der Waals surface area contributed by atoms with Gasteiger partial charge in [0, 0.05) is 13.1 Å². The number of nitrogens with zero attached hydrogens (tertiary/aromatic N) is 1. The molecule has 3 nitrogen and oxygen atoms in total. The molecule has 0 aromatic carbocycles. The molecule has 1 aliphatic heterocycles. The molecule has 1 heterocycles. The summed E-state index contributed by atoms with van der Waals surface area (Å²) in [5.74, 6) is 0.653. The molecule has 0 aromatic heterocycles. The number of rotatable bonds is 1. The van der Waals surface area contributed by atoms with Crippen molar-refractivity contribution < 1.29 is 8.42 Å². The molecule has 0 radical (unpaired) electrons. The van der Waals surface area contributed by atoms with Crippen LogP contribution in [0.5, 0.6) is 0 Å². The first-order chi connectivity index (χ1) is 6.21. The van der Waals surface area contributed by atoms with Crippen LogP contribution >= 0.6 is 0 Å². The van der Waals surface area contributed by atoms with Crippen molar-refractivity contribution in [2.75, 3.05) is 19.3 Å². The van der Waals surface area contributed by atoms with E-state index in [9.17, 15) is 8.42 Å². The number of sulfonamides is 1. The third kappa shape index (κ3) is 2.95. The van der Waals surface area contributed by atoms with Crippen LogP contribution in [0.4, 0.5) is 0 Å². The van der Waals surface area contributed by atoms with Crippen LogP contribution in [0.3, 0.4) is 0 Å². The maximum atomic E-state index is 11.3. The van der Waals surface area contributed by atoms with Crippen molar-refractivity contribution in [2.24, 2.45) is 11.3 Å². The second-order valence-corrected chi connectivity index (χ2v) is 7.28. The summed E-state index contributed by atoms with van der Waals surface area (Å²) >= 11 is 0. The van der Waals surface area contributed by atoms with E-state index in [0.717, 1.165) is 12.8 Å². The van der Waals surface area contributed by atoms with E-state index in [1.54, 1.807) is 4.31 Å². The first-order valence-electron chi connectivity index (χ1n) is 5.16. The van der Waals surface area contributed by atoms with Gasteiger partial charge in [-0.3, -0.25) is 0 Å². The summed E-state index contributed by atoms with van der Waals surface area (Å²) in [6.07, 6.45) is 3.29. The van der Waals surface area contributed by atoms with Crippen LogP contribution in [0, 0.1) is 11.3 Å². The van der Waals surface area contributed by atoms with Gasteiger partial charge in [-0.15, -0.1) is 0 Å². The molecule has 0 bridgehead atoms. The highest BCUT2D eigenvalue weighted by Crippen LogP contribution is 2.34. The van der Waals surface area contributed by atoms with E-state index in [-0.39, 0.29) is 0 Å². The summed E-state index contributed by atoms with van der Waals surface area (Å²) in [5.41, 5.74) is 0.309. The lowest BCUT2D eigenvalue weighted by Crippen LogP contribution is -2.40. The lowest BCUT2D eigenvalue weighted by molar-refractivity contribution is 0.154. The topological polar surface area (TPSA) is 37.4 Å². The molecular formula is C10H21NO2S. The van der Waals surface area contributed by atoms with Gasteiger partial charge in [0.25, 0.3) is 0 Å². The Hall–Kier alpha value is -0.0900. The normalized spacial score (nSPS) is 22.6. The minimum absolute atomic E-state index is 0.309. The highest BCUT2D eigenvalue weighted by atomic mass is 32.2. The molecule has 0 aliphatic carbocycles. The quantitative estimate of drug-likeness (QED) is 0.673. The van der Waals surface area contributed by atoms with Crippen LogP contribution < -0.4 is 0 Å². The molecule has 0 amide bonds. The van der Waals surface area contributed by atoms with Crippen LogP contribution in [-0.2, 0) is 10.0 Å². The predicted molar refractivity (Wildman–Crippen MR) is 58.6 cm³/mol. The molecule has 4 heteroatoms. The van der Waals surface area contributed by atoms with Gasteiger partial charge < -0.3 is 0 Å². The Morgan fingerprint density at radius 1 is 1.14 bits per heavy atom. The highest BCUT2D eigenvalue weighted by Gasteiger charge is 2.31. The summed E-state index contributed by atoms with van der Waals surface area (Å²) in [7, 11) is -2.96. The Balaban J connectivity index is 2.56. The average molecular weight is 219 g/mol. The first-order valence-corrected chi connectivity index (χ1v) is 7.01. The summed E-state index contributed by atoms with van der Waals surface area (Å²) < 4.78 is 24.1. The molecule has 0 spiro atoms. The third-order valence-corrected chi connectivity index (χ3v) is 4.45. The van der Waals surface area contributed by atoms with Gasteiger partial charge in [0.2, 0.25) is 10.0 Å². The number of piperidine rings is 1. The SMILES string of the molecule is CC(C)(C)C1CCN(S(C)(=O)=O)CC1. The molecule has 0 aromatic rings. The van der Waals surface area contributed by atoms with E-state index in [1.165, 1.54) is 6.26 Å². The minimum atomic E-state index is -2.96. The average Bonchev–Trinajstić information content (AvgIpc) is 2.01. The van der Waals surface area contributed by atoms with E-state index in [4.69, 9.17) is 0 Å². The first kappa shape index (κ1) is 12.0. The van der Waals surface area contributed by atoms with Crippen molar-refractivity contribution >= 4 is 10.0 Å². The second kappa shape index (κ2) is 3.81. The molecular weight excluding hydrogens is 198 g/mol. The van der Waals surface area contributed by atoms with E-state index in [1.807, 2.05) is 0 Å². The van der Waals surface area contributed by atoms with Crippen LogP contribution in [-0.4, -0.2) is 32.1 Å². The fourth-order valence-electron chi connectivity index (χ4n) is 2.05. The van der Waals surface area contributed by atoms with Gasteiger partial charge in [-0.1, -0.05) is 20.8 Å². The van der Waals surface area contributed by atoms with E-state index in [0.29, 0.717) is 24.4 Å². The summed E-state index contributed by atoms with van der Waals surface area (Å²) in [5, 5.41) is 0. The second-order valence-electron chi connectivity index (χ2n) is 5.30. The highest BCUT2D eigenvalue weighted by molar-refractivity contribution is 7.88. The molecule has 0 unspecified atom stereocenters. The molecule has 14 heavy (non-hydrogen) atoms. The van der Waals surface area contributed by atoms with Gasteiger partial charge in [0.1, 0.15) is 0 Å². The van der Waals surface area contributed by atoms with Crippen molar-refractivity contribution in [1.29, 1.82) is 0 Å². The van der Waals surface area contributed by atoms with Gasteiger partial charge in [-0.25, -0.2) is 12.7 Å². The number of hydrogen-bond acceptors (Lipinski definition) is 2. The lowest BCUT2D eigenvalue weighted by Gasteiger charge is -2.37. The zero-order chi connectivity index (χ0) is 11.0. The molecule has 0 atom stereocenters. The summed E-state index contributed by atoms with van der Waals surface area (Å²) in [6.45, 7) is 8.08. The molecule has 84 valence electrons. The van der Waals surface area contributed by atoms with Gasteiger partial charge in [-0.05, 0) is 24.2 Å². The van der Waals surface area contributed by atoms with Crippen LogP contribution in [0.2, 0.25) is 0 Å². The van der Waals surface area contributed by atoms with Gasteiger partial charge >= 0.3 is 0 Å². The smallest absolute Gasteiger partial charge is 0.211 e. The summed E-state index contributed by atoms with van der Waals surface area (Å²) in [6, 6.07) is 0. The maximum absolute atomic E-state index is 11.3. The monoisotopic (exact) mass is 219 g/mol. The zero-order valence-electron chi connectivity index (χ0n) is 9.58. The van der Waals surface area contributed by atoms with Crippen molar-refractivity contribution in [2.45, 2.75) is 33.6 Å². The summed E-state index contributed by atoms with van der Waals surface area (Å²) in [4.78, 5) is 0. The molecule has 0 saturated carbocycles. The predicted octanol–water partition coefficient (Wildman–Crippen LogP) is 1.70. The molecule has 0 N–H and O–H groups in total. The maximum Gasteiger partial charge on any atom is 0.211 e. The van der Waals surface area contributed by atoms with Crippen LogP contribution in [0.25, 0.3) is 0 Å². The van der Waals surface area contributed by atoms with E-state index >= 15 is 0 Å². The third-order valence-electron chi connectivity index (χ3n) is 3.15. The van der Waals surface area contributed by atoms with Gasteiger partial charge in [0.15, 0.2) is 0 Å². The molecule has 1 rings (SSSR count). The standard InChI is InChI=1S/C10H21NO2S/c1-10(2,3)9-5-7-11(8-6-9)14(4,12)13/h9H,5-8H2,1-4H3. The largest absolute Gasteiger partial charge is 0.213 e. The van der Waals surface area contributed by atoms with Crippen molar-refractivity contribution in [3.63, 3.8) is 0 Å².